The van der Waals surface area contributed by atoms with Crippen LogP contribution in [0.3, 0.4) is 0 Å². The SMILES string of the molecule is Cc1c(F)ccc(-c2cc(C(C)(C)C)ccn2)c1F. The molecule has 100 valence electrons. The molecule has 0 N–H and O–H groups in total. The normalized spacial score (nSPS) is 11.7. The Balaban J connectivity index is 2.57. The lowest BCUT2D eigenvalue weighted by atomic mass is 9.87. The highest BCUT2D eigenvalue weighted by molar-refractivity contribution is 5.62. The summed E-state index contributed by atoms with van der Waals surface area (Å²) >= 11 is 0. The Kier molecular flexibility index (Phi) is 3.40. The highest BCUT2D eigenvalue weighted by Crippen LogP contribution is 2.29. The molecule has 1 nitrogen and oxygen atoms in total. The molecule has 2 aromatic rings. The third-order valence-electron chi connectivity index (χ3n) is 3.22. The molecular weight excluding hydrogens is 244 g/mol. The fourth-order valence-electron chi connectivity index (χ4n) is 1.90. The average Bonchev–Trinajstić information content (AvgIpc) is 2.35. The first-order valence-corrected chi connectivity index (χ1v) is 6.22. The Morgan fingerprint density at radius 2 is 1.74 bits per heavy atom. The second-order valence-corrected chi connectivity index (χ2v) is 5.71. The van der Waals surface area contributed by atoms with Crippen molar-refractivity contribution in [2.75, 3.05) is 0 Å². The van der Waals surface area contributed by atoms with Gasteiger partial charge in [-0.2, -0.15) is 0 Å². The van der Waals surface area contributed by atoms with Gasteiger partial charge in [0, 0.05) is 17.3 Å². The number of hydrogen-bond acceptors (Lipinski definition) is 1. The molecule has 0 aliphatic carbocycles. The quantitative estimate of drug-likeness (QED) is 0.729. The summed E-state index contributed by atoms with van der Waals surface area (Å²) in [7, 11) is 0. The van der Waals surface area contributed by atoms with Gasteiger partial charge in [0.1, 0.15) is 11.6 Å². The number of pyridine rings is 1. The molecule has 1 aromatic carbocycles. The first kappa shape index (κ1) is 13.7. The van der Waals surface area contributed by atoms with Gasteiger partial charge >= 0.3 is 0 Å². The minimum Gasteiger partial charge on any atom is -0.256 e. The topological polar surface area (TPSA) is 12.9 Å². The van der Waals surface area contributed by atoms with Gasteiger partial charge in [0.15, 0.2) is 0 Å². The molecule has 2 rings (SSSR count). The fraction of sp³-hybridized carbons (Fsp3) is 0.312. The van der Waals surface area contributed by atoms with Crippen molar-refractivity contribution in [2.45, 2.75) is 33.1 Å². The van der Waals surface area contributed by atoms with Crippen molar-refractivity contribution in [2.24, 2.45) is 0 Å². The van der Waals surface area contributed by atoms with Gasteiger partial charge in [0.25, 0.3) is 0 Å². The zero-order valence-electron chi connectivity index (χ0n) is 11.6. The van der Waals surface area contributed by atoms with E-state index in [4.69, 9.17) is 0 Å². The van der Waals surface area contributed by atoms with Gasteiger partial charge in [-0.3, -0.25) is 4.98 Å². The molecule has 0 aliphatic rings. The minimum atomic E-state index is -0.543. The first-order chi connectivity index (χ1) is 8.80. The molecule has 19 heavy (non-hydrogen) atoms. The van der Waals surface area contributed by atoms with Crippen LogP contribution in [0.4, 0.5) is 8.78 Å². The van der Waals surface area contributed by atoms with Crippen LogP contribution in [0.2, 0.25) is 0 Å². The second kappa shape index (κ2) is 4.72. The van der Waals surface area contributed by atoms with E-state index in [0.717, 1.165) is 5.56 Å². The van der Waals surface area contributed by atoms with Gasteiger partial charge in [0.2, 0.25) is 0 Å². The molecule has 0 saturated heterocycles. The molecule has 0 radical (unpaired) electrons. The first-order valence-electron chi connectivity index (χ1n) is 6.22. The Morgan fingerprint density at radius 1 is 1.05 bits per heavy atom. The van der Waals surface area contributed by atoms with E-state index in [-0.39, 0.29) is 11.0 Å². The van der Waals surface area contributed by atoms with E-state index < -0.39 is 11.6 Å². The zero-order valence-corrected chi connectivity index (χ0v) is 11.6. The van der Waals surface area contributed by atoms with Gasteiger partial charge in [-0.05, 0) is 42.2 Å². The molecule has 1 aromatic heterocycles. The highest BCUT2D eigenvalue weighted by atomic mass is 19.1. The van der Waals surface area contributed by atoms with Crippen molar-refractivity contribution in [1.82, 2.24) is 4.98 Å². The number of halogens is 2. The van der Waals surface area contributed by atoms with Crippen molar-refractivity contribution < 1.29 is 8.78 Å². The summed E-state index contributed by atoms with van der Waals surface area (Å²) < 4.78 is 27.4. The lowest BCUT2D eigenvalue weighted by Crippen LogP contribution is -2.11. The minimum absolute atomic E-state index is 0.0282. The molecule has 0 aliphatic heterocycles. The highest BCUT2D eigenvalue weighted by Gasteiger charge is 2.17. The van der Waals surface area contributed by atoms with Gasteiger partial charge in [-0.15, -0.1) is 0 Å². The van der Waals surface area contributed by atoms with Gasteiger partial charge in [-0.25, -0.2) is 8.78 Å². The smallest absolute Gasteiger partial charge is 0.138 e. The van der Waals surface area contributed by atoms with E-state index in [2.05, 4.69) is 25.8 Å². The van der Waals surface area contributed by atoms with Crippen LogP contribution in [0.5, 0.6) is 0 Å². The Hall–Kier alpha value is -1.77. The van der Waals surface area contributed by atoms with Crippen molar-refractivity contribution in [1.29, 1.82) is 0 Å². The van der Waals surface area contributed by atoms with Crippen LogP contribution >= 0.6 is 0 Å². The predicted molar refractivity (Wildman–Crippen MR) is 73.0 cm³/mol. The van der Waals surface area contributed by atoms with E-state index in [1.54, 1.807) is 6.20 Å². The molecular formula is C16H17F2N. The van der Waals surface area contributed by atoms with E-state index in [9.17, 15) is 8.78 Å². The van der Waals surface area contributed by atoms with Crippen LogP contribution in [0, 0.1) is 18.6 Å². The van der Waals surface area contributed by atoms with Gasteiger partial charge in [0.05, 0.1) is 5.69 Å². The maximum absolute atomic E-state index is 14.1. The monoisotopic (exact) mass is 261 g/mol. The Morgan fingerprint density at radius 3 is 2.37 bits per heavy atom. The molecule has 1 heterocycles. The summed E-state index contributed by atoms with van der Waals surface area (Å²) in [5, 5.41) is 0. The third-order valence-corrected chi connectivity index (χ3v) is 3.22. The Bertz CT molecular complexity index is 613. The lowest BCUT2D eigenvalue weighted by molar-refractivity contribution is 0.569. The molecule has 0 amide bonds. The van der Waals surface area contributed by atoms with Crippen LogP contribution in [0.15, 0.2) is 30.5 Å². The summed E-state index contributed by atoms with van der Waals surface area (Å²) in [6.45, 7) is 7.68. The van der Waals surface area contributed by atoms with Crippen molar-refractivity contribution >= 4 is 0 Å². The Labute approximate surface area is 112 Å². The van der Waals surface area contributed by atoms with E-state index in [0.29, 0.717) is 11.3 Å². The third kappa shape index (κ3) is 2.65. The molecule has 3 heteroatoms. The van der Waals surface area contributed by atoms with Crippen LogP contribution in [0.25, 0.3) is 11.3 Å². The summed E-state index contributed by atoms with van der Waals surface area (Å²) in [6, 6.07) is 6.49. The maximum atomic E-state index is 14.1. The molecule has 0 spiro atoms. The van der Waals surface area contributed by atoms with Crippen LogP contribution in [0.1, 0.15) is 31.9 Å². The molecule has 0 unspecified atom stereocenters. The molecule has 0 saturated carbocycles. The molecule has 0 atom stereocenters. The van der Waals surface area contributed by atoms with Crippen LogP contribution < -0.4 is 0 Å². The summed E-state index contributed by atoms with van der Waals surface area (Å²) in [6.07, 6.45) is 1.66. The maximum Gasteiger partial charge on any atom is 0.138 e. The summed E-state index contributed by atoms with van der Waals surface area (Å²) in [5.41, 5.74) is 1.93. The van der Waals surface area contributed by atoms with E-state index in [1.165, 1.54) is 19.1 Å². The molecule has 0 fully saturated rings. The zero-order chi connectivity index (χ0) is 14.2. The van der Waals surface area contributed by atoms with Crippen molar-refractivity contribution in [3.8, 4) is 11.3 Å². The van der Waals surface area contributed by atoms with E-state index >= 15 is 0 Å². The number of benzene rings is 1. The van der Waals surface area contributed by atoms with Gasteiger partial charge < -0.3 is 0 Å². The fourth-order valence-corrected chi connectivity index (χ4v) is 1.90. The number of hydrogen-bond donors (Lipinski definition) is 0. The summed E-state index contributed by atoms with van der Waals surface area (Å²) in [5.74, 6) is -1.08. The summed E-state index contributed by atoms with van der Waals surface area (Å²) in [4.78, 5) is 4.19. The standard InChI is InChI=1S/C16H17F2N/c1-10-13(17)6-5-12(15(10)18)14-9-11(7-8-19-14)16(2,3)4/h5-9H,1-4H3. The van der Waals surface area contributed by atoms with Crippen molar-refractivity contribution in [3.05, 3.63) is 53.2 Å². The van der Waals surface area contributed by atoms with Gasteiger partial charge in [-0.1, -0.05) is 20.8 Å². The largest absolute Gasteiger partial charge is 0.256 e. The number of rotatable bonds is 1. The second-order valence-electron chi connectivity index (χ2n) is 5.71. The number of aromatic nitrogens is 1. The van der Waals surface area contributed by atoms with E-state index in [1.807, 2.05) is 12.1 Å². The molecule has 0 bridgehead atoms. The predicted octanol–water partition coefficient (Wildman–Crippen LogP) is 4.63. The average molecular weight is 261 g/mol. The van der Waals surface area contributed by atoms with Crippen molar-refractivity contribution in [3.63, 3.8) is 0 Å². The number of nitrogens with zero attached hydrogens (tertiary/aromatic N) is 1. The lowest BCUT2D eigenvalue weighted by Gasteiger charge is -2.19. The van der Waals surface area contributed by atoms with Crippen LogP contribution in [-0.2, 0) is 5.41 Å². The van der Waals surface area contributed by atoms with Crippen LogP contribution in [-0.4, -0.2) is 4.98 Å².